The van der Waals surface area contributed by atoms with Gasteiger partial charge in [-0.2, -0.15) is 0 Å². The fourth-order valence-electron chi connectivity index (χ4n) is 1.78. The first-order valence-electron chi connectivity index (χ1n) is 6.25. The van der Waals surface area contributed by atoms with E-state index in [1.165, 1.54) is 12.3 Å². The van der Waals surface area contributed by atoms with E-state index in [-0.39, 0.29) is 11.6 Å². The van der Waals surface area contributed by atoms with Gasteiger partial charge in [-0.15, -0.1) is 0 Å². The van der Waals surface area contributed by atoms with Gasteiger partial charge in [0.25, 0.3) is 0 Å². The fourth-order valence-corrected chi connectivity index (χ4v) is 1.78. The number of carboxylic acids is 1. The van der Waals surface area contributed by atoms with Gasteiger partial charge in [0.2, 0.25) is 0 Å². The Kier molecular flexibility index (Phi) is 5.57. The molecule has 3 N–H and O–H groups in total. The molecular formula is C13H21N3O3. The molecule has 1 unspecified atom stereocenters. The van der Waals surface area contributed by atoms with Crippen LogP contribution in [0.15, 0.2) is 12.3 Å². The number of nitrogens with two attached hydrogens (primary N) is 1. The Bertz CT molecular complexity index is 437. The Morgan fingerprint density at radius 3 is 2.79 bits per heavy atom. The average Bonchev–Trinajstić information content (AvgIpc) is 2.39. The molecule has 0 aromatic carbocycles. The van der Waals surface area contributed by atoms with Gasteiger partial charge in [0.1, 0.15) is 0 Å². The van der Waals surface area contributed by atoms with E-state index in [4.69, 9.17) is 15.6 Å². The summed E-state index contributed by atoms with van der Waals surface area (Å²) in [5.41, 5.74) is 6.38. The second kappa shape index (κ2) is 6.94. The highest BCUT2D eigenvalue weighted by molar-refractivity contribution is 5.89. The van der Waals surface area contributed by atoms with Crippen molar-refractivity contribution in [2.24, 2.45) is 0 Å². The van der Waals surface area contributed by atoms with E-state index >= 15 is 0 Å². The highest BCUT2D eigenvalue weighted by atomic mass is 16.5. The van der Waals surface area contributed by atoms with Crippen LogP contribution in [0.1, 0.15) is 30.6 Å². The molecule has 106 valence electrons. The summed E-state index contributed by atoms with van der Waals surface area (Å²) in [6.45, 7) is 5.37. The molecule has 0 aliphatic heterocycles. The number of aromatic nitrogens is 1. The smallest absolute Gasteiger partial charge is 0.337 e. The lowest BCUT2D eigenvalue weighted by Crippen LogP contribution is -2.36. The molecule has 1 atom stereocenters. The third kappa shape index (κ3) is 3.82. The van der Waals surface area contributed by atoms with Crippen LogP contribution in [0.25, 0.3) is 0 Å². The first-order chi connectivity index (χ1) is 9.01. The molecule has 1 heterocycles. The predicted molar refractivity (Wildman–Crippen MR) is 74.6 cm³/mol. The van der Waals surface area contributed by atoms with E-state index in [1.54, 1.807) is 7.11 Å². The summed E-state index contributed by atoms with van der Waals surface area (Å²) < 4.78 is 5.09. The van der Waals surface area contributed by atoms with Gasteiger partial charge in [0.05, 0.1) is 17.9 Å². The van der Waals surface area contributed by atoms with Crippen LogP contribution in [-0.4, -0.2) is 42.4 Å². The number of rotatable bonds is 7. The lowest BCUT2D eigenvalue weighted by atomic mass is 10.2. The summed E-state index contributed by atoms with van der Waals surface area (Å²) in [7, 11) is 1.64. The molecule has 1 rings (SSSR count). The van der Waals surface area contributed by atoms with E-state index in [0.717, 1.165) is 6.42 Å². The third-order valence-electron chi connectivity index (χ3n) is 3.07. The Hall–Kier alpha value is -1.82. The fraction of sp³-hybridized carbons (Fsp3) is 0.538. The number of carboxylic acid groups (broad SMARTS) is 1. The first kappa shape index (κ1) is 15.2. The third-order valence-corrected chi connectivity index (χ3v) is 3.07. The molecule has 0 spiro atoms. The standard InChI is InChI=1S/C13H21N3O3/c1-4-9(2)16(5-6-19-3)12-11(14)7-10(8-15-12)13(17)18/h7-9H,4-6,14H2,1-3H3,(H,17,18). The number of nitrogen functional groups attached to an aromatic ring is 1. The van der Waals surface area contributed by atoms with Crippen LogP contribution in [0.5, 0.6) is 0 Å². The normalized spacial score (nSPS) is 12.2. The monoisotopic (exact) mass is 267 g/mol. The van der Waals surface area contributed by atoms with Crippen molar-refractivity contribution < 1.29 is 14.6 Å². The van der Waals surface area contributed by atoms with Crippen LogP contribution in [-0.2, 0) is 4.74 Å². The number of anilines is 2. The van der Waals surface area contributed by atoms with Crippen molar-refractivity contribution in [1.82, 2.24) is 4.98 Å². The SMILES string of the molecule is CCC(C)N(CCOC)c1ncc(C(=O)O)cc1N. The van der Waals surface area contributed by atoms with Crippen molar-refractivity contribution in [1.29, 1.82) is 0 Å². The molecule has 19 heavy (non-hydrogen) atoms. The van der Waals surface area contributed by atoms with Crippen LogP contribution in [0, 0.1) is 0 Å². The second-order valence-electron chi connectivity index (χ2n) is 4.39. The maximum Gasteiger partial charge on any atom is 0.337 e. The number of carbonyl (C=O) groups is 1. The van der Waals surface area contributed by atoms with Gasteiger partial charge in [-0.05, 0) is 19.4 Å². The number of hydrogen-bond acceptors (Lipinski definition) is 5. The van der Waals surface area contributed by atoms with Crippen molar-refractivity contribution in [2.75, 3.05) is 30.9 Å². The molecule has 0 saturated heterocycles. The highest BCUT2D eigenvalue weighted by Gasteiger charge is 2.18. The van der Waals surface area contributed by atoms with E-state index in [9.17, 15) is 4.79 Å². The summed E-state index contributed by atoms with van der Waals surface area (Å²) in [6, 6.07) is 1.69. The number of aromatic carboxylic acids is 1. The van der Waals surface area contributed by atoms with Crippen LogP contribution in [0.2, 0.25) is 0 Å². The minimum Gasteiger partial charge on any atom is -0.478 e. The van der Waals surface area contributed by atoms with Crippen molar-refractivity contribution in [3.8, 4) is 0 Å². The largest absolute Gasteiger partial charge is 0.478 e. The van der Waals surface area contributed by atoms with Gasteiger partial charge in [0.15, 0.2) is 5.82 Å². The quantitative estimate of drug-likeness (QED) is 0.780. The Morgan fingerprint density at radius 2 is 2.32 bits per heavy atom. The van der Waals surface area contributed by atoms with Gasteiger partial charge < -0.3 is 20.5 Å². The predicted octanol–water partition coefficient (Wildman–Crippen LogP) is 1.61. The molecule has 0 aliphatic carbocycles. The van der Waals surface area contributed by atoms with Crippen LogP contribution in [0.3, 0.4) is 0 Å². The van der Waals surface area contributed by atoms with E-state index in [0.29, 0.717) is 24.7 Å². The van der Waals surface area contributed by atoms with Crippen LogP contribution in [0.4, 0.5) is 11.5 Å². The summed E-state index contributed by atoms with van der Waals surface area (Å²) in [4.78, 5) is 17.1. The van der Waals surface area contributed by atoms with E-state index in [2.05, 4.69) is 18.8 Å². The summed E-state index contributed by atoms with van der Waals surface area (Å²) >= 11 is 0. The lowest BCUT2D eigenvalue weighted by Gasteiger charge is -2.30. The van der Waals surface area contributed by atoms with Gasteiger partial charge in [-0.1, -0.05) is 6.92 Å². The molecule has 1 aromatic rings. The Balaban J connectivity index is 3.04. The number of pyridine rings is 1. The van der Waals surface area contributed by atoms with Crippen LogP contribution < -0.4 is 10.6 Å². The van der Waals surface area contributed by atoms with Gasteiger partial charge >= 0.3 is 5.97 Å². The second-order valence-corrected chi connectivity index (χ2v) is 4.39. The summed E-state index contributed by atoms with van der Waals surface area (Å²) in [6.07, 6.45) is 2.27. The zero-order chi connectivity index (χ0) is 14.4. The molecule has 0 bridgehead atoms. The topological polar surface area (TPSA) is 88.7 Å². The maximum atomic E-state index is 10.9. The molecular weight excluding hydrogens is 246 g/mol. The van der Waals surface area contributed by atoms with Crippen molar-refractivity contribution in [2.45, 2.75) is 26.3 Å². The van der Waals surface area contributed by atoms with Crippen molar-refractivity contribution in [3.05, 3.63) is 17.8 Å². The van der Waals surface area contributed by atoms with E-state index in [1.807, 2.05) is 4.90 Å². The minimum atomic E-state index is -1.03. The molecule has 0 amide bonds. The van der Waals surface area contributed by atoms with E-state index < -0.39 is 5.97 Å². The minimum absolute atomic E-state index is 0.0945. The Morgan fingerprint density at radius 1 is 1.63 bits per heavy atom. The molecule has 0 aliphatic rings. The average molecular weight is 267 g/mol. The number of methoxy groups -OCH3 is 1. The zero-order valence-electron chi connectivity index (χ0n) is 11.6. The molecule has 0 saturated carbocycles. The lowest BCUT2D eigenvalue weighted by molar-refractivity contribution is 0.0696. The van der Waals surface area contributed by atoms with Gasteiger partial charge in [-0.3, -0.25) is 0 Å². The maximum absolute atomic E-state index is 10.9. The first-order valence-corrected chi connectivity index (χ1v) is 6.25. The molecule has 6 heteroatoms. The number of hydrogen-bond donors (Lipinski definition) is 2. The summed E-state index contributed by atoms with van der Waals surface area (Å²) in [5, 5.41) is 8.91. The molecule has 0 radical (unpaired) electrons. The number of ether oxygens (including phenoxy) is 1. The molecule has 1 aromatic heterocycles. The highest BCUT2D eigenvalue weighted by Crippen LogP contribution is 2.24. The van der Waals surface area contributed by atoms with Gasteiger partial charge in [0, 0.05) is 25.9 Å². The van der Waals surface area contributed by atoms with Crippen molar-refractivity contribution in [3.63, 3.8) is 0 Å². The Labute approximate surface area is 113 Å². The van der Waals surface area contributed by atoms with Crippen molar-refractivity contribution >= 4 is 17.5 Å². The molecule has 6 nitrogen and oxygen atoms in total. The molecule has 0 fully saturated rings. The number of nitrogens with zero attached hydrogens (tertiary/aromatic N) is 2. The van der Waals surface area contributed by atoms with Crippen LogP contribution >= 0.6 is 0 Å². The van der Waals surface area contributed by atoms with Gasteiger partial charge in [-0.25, -0.2) is 9.78 Å². The zero-order valence-corrected chi connectivity index (χ0v) is 11.6. The summed E-state index contributed by atoms with van der Waals surface area (Å²) in [5.74, 6) is -0.422.